The molecule has 0 radical (unpaired) electrons. The average Bonchev–Trinajstić information content (AvgIpc) is 3.12. The van der Waals surface area contributed by atoms with Gasteiger partial charge < -0.3 is 10.1 Å². The normalized spacial score (nSPS) is 21.3. The zero-order valence-electron chi connectivity index (χ0n) is 13.5. The zero-order valence-corrected chi connectivity index (χ0v) is 14.2. The van der Waals surface area contributed by atoms with Crippen LogP contribution in [0.15, 0.2) is 24.3 Å². The summed E-state index contributed by atoms with van der Waals surface area (Å²) >= 11 is 6.41. The lowest BCUT2D eigenvalue weighted by Gasteiger charge is -2.35. The molecule has 2 aliphatic rings. The summed E-state index contributed by atoms with van der Waals surface area (Å²) in [4.78, 5) is 14.7. The summed E-state index contributed by atoms with van der Waals surface area (Å²) in [5, 5.41) is 3.93. The largest absolute Gasteiger partial charge is 0.379 e. The third kappa shape index (κ3) is 4.25. The lowest BCUT2D eigenvalue weighted by molar-refractivity contribution is -0.125. The first-order valence-electron chi connectivity index (χ1n) is 8.59. The van der Waals surface area contributed by atoms with E-state index in [1.807, 2.05) is 18.2 Å². The Labute approximate surface area is 143 Å². The average molecular weight is 337 g/mol. The molecule has 1 aliphatic heterocycles. The van der Waals surface area contributed by atoms with Gasteiger partial charge in [-0.2, -0.15) is 0 Å². The summed E-state index contributed by atoms with van der Waals surface area (Å²) in [7, 11) is 0. The van der Waals surface area contributed by atoms with Crippen LogP contribution in [0.4, 0.5) is 0 Å². The molecule has 126 valence electrons. The highest BCUT2D eigenvalue weighted by atomic mass is 35.5. The van der Waals surface area contributed by atoms with Crippen LogP contribution in [-0.2, 0) is 9.53 Å². The number of amides is 1. The fourth-order valence-corrected chi connectivity index (χ4v) is 3.86. The molecular weight excluding hydrogens is 312 g/mol. The molecule has 1 aromatic rings. The van der Waals surface area contributed by atoms with E-state index in [1.54, 1.807) is 0 Å². The van der Waals surface area contributed by atoms with Crippen LogP contribution in [0.1, 0.15) is 37.3 Å². The third-order valence-electron chi connectivity index (χ3n) is 4.95. The molecular formula is C18H25ClN2O2. The van der Waals surface area contributed by atoms with Gasteiger partial charge in [-0.1, -0.05) is 42.6 Å². The van der Waals surface area contributed by atoms with Crippen LogP contribution in [0.3, 0.4) is 0 Å². The van der Waals surface area contributed by atoms with E-state index in [4.69, 9.17) is 16.3 Å². The number of carbonyl (C=O) groups is 1. The van der Waals surface area contributed by atoms with Gasteiger partial charge in [0, 0.05) is 30.6 Å². The number of hydrogen-bond acceptors (Lipinski definition) is 3. The summed E-state index contributed by atoms with van der Waals surface area (Å²) in [5.74, 6) is 0.402. The second kappa shape index (κ2) is 8.13. The van der Waals surface area contributed by atoms with Crippen molar-refractivity contribution < 1.29 is 9.53 Å². The topological polar surface area (TPSA) is 41.6 Å². The van der Waals surface area contributed by atoms with Crippen LogP contribution in [0.2, 0.25) is 5.02 Å². The highest BCUT2D eigenvalue weighted by Crippen LogP contribution is 2.29. The van der Waals surface area contributed by atoms with E-state index >= 15 is 0 Å². The maximum atomic E-state index is 12.4. The highest BCUT2D eigenvalue weighted by molar-refractivity contribution is 6.31. The Morgan fingerprint density at radius 1 is 1.26 bits per heavy atom. The predicted octanol–water partition coefficient (Wildman–Crippen LogP) is 3.02. The summed E-state index contributed by atoms with van der Waals surface area (Å²) in [5.41, 5.74) is 1.09. The Morgan fingerprint density at radius 3 is 2.65 bits per heavy atom. The van der Waals surface area contributed by atoms with Crippen molar-refractivity contribution in [2.45, 2.75) is 31.7 Å². The van der Waals surface area contributed by atoms with Crippen molar-refractivity contribution in [1.82, 2.24) is 10.2 Å². The first kappa shape index (κ1) is 16.7. The number of hydrogen-bond donors (Lipinski definition) is 1. The second-order valence-corrected chi connectivity index (χ2v) is 6.82. The van der Waals surface area contributed by atoms with Crippen LogP contribution >= 0.6 is 11.6 Å². The number of nitrogens with one attached hydrogen (secondary N) is 1. The summed E-state index contributed by atoms with van der Waals surface area (Å²) in [6.45, 7) is 3.82. The molecule has 1 atom stereocenters. The first-order chi connectivity index (χ1) is 11.3. The molecule has 1 amide bonds. The minimum absolute atomic E-state index is 0.109. The smallest absolute Gasteiger partial charge is 0.223 e. The fraction of sp³-hybridized carbons (Fsp3) is 0.611. The van der Waals surface area contributed by atoms with Gasteiger partial charge in [-0.3, -0.25) is 9.69 Å². The molecule has 0 bridgehead atoms. The van der Waals surface area contributed by atoms with Gasteiger partial charge in [-0.25, -0.2) is 0 Å². The third-order valence-corrected chi connectivity index (χ3v) is 5.29. The summed E-state index contributed by atoms with van der Waals surface area (Å²) in [6, 6.07) is 8.04. The fourth-order valence-electron chi connectivity index (χ4n) is 3.60. The van der Waals surface area contributed by atoms with Crippen LogP contribution in [0.25, 0.3) is 0 Å². The van der Waals surface area contributed by atoms with E-state index in [1.165, 1.54) is 12.8 Å². The Hall–Kier alpha value is -1.10. The molecule has 5 heteroatoms. The van der Waals surface area contributed by atoms with E-state index in [0.29, 0.717) is 6.54 Å². The molecule has 0 aromatic heterocycles. The minimum Gasteiger partial charge on any atom is -0.379 e. The molecule has 1 saturated heterocycles. The van der Waals surface area contributed by atoms with Crippen molar-refractivity contribution in [3.8, 4) is 0 Å². The molecule has 4 nitrogen and oxygen atoms in total. The van der Waals surface area contributed by atoms with Gasteiger partial charge in [0.1, 0.15) is 0 Å². The minimum atomic E-state index is 0.109. The lowest BCUT2D eigenvalue weighted by Crippen LogP contribution is -2.44. The maximum absolute atomic E-state index is 12.4. The van der Waals surface area contributed by atoms with Crippen LogP contribution in [-0.4, -0.2) is 43.7 Å². The quantitative estimate of drug-likeness (QED) is 0.898. The van der Waals surface area contributed by atoms with E-state index < -0.39 is 0 Å². The van der Waals surface area contributed by atoms with Crippen molar-refractivity contribution in [3.63, 3.8) is 0 Å². The molecule has 3 rings (SSSR count). The highest BCUT2D eigenvalue weighted by Gasteiger charge is 2.27. The predicted molar refractivity (Wildman–Crippen MR) is 91.6 cm³/mol. The molecule has 2 fully saturated rings. The van der Waals surface area contributed by atoms with Crippen LogP contribution in [0, 0.1) is 5.92 Å². The van der Waals surface area contributed by atoms with Gasteiger partial charge in [0.15, 0.2) is 0 Å². The Morgan fingerprint density at radius 2 is 1.96 bits per heavy atom. The number of halogens is 1. The van der Waals surface area contributed by atoms with E-state index in [9.17, 15) is 4.79 Å². The molecule has 1 saturated carbocycles. The molecule has 1 aliphatic carbocycles. The van der Waals surface area contributed by atoms with E-state index in [0.717, 1.165) is 49.7 Å². The molecule has 0 unspecified atom stereocenters. The Bertz CT molecular complexity index is 526. The number of ether oxygens (including phenoxy) is 1. The monoisotopic (exact) mass is 336 g/mol. The molecule has 23 heavy (non-hydrogen) atoms. The van der Waals surface area contributed by atoms with Gasteiger partial charge in [0.05, 0.1) is 19.3 Å². The standard InChI is InChI=1S/C18H25ClN2O2/c19-16-8-4-3-7-15(16)17(21-9-11-23-12-10-21)13-20-18(22)14-5-1-2-6-14/h3-4,7-8,14,17H,1-2,5-6,9-13H2,(H,20,22)/t17-/m1/s1. The summed E-state index contributed by atoms with van der Waals surface area (Å²) < 4.78 is 5.46. The number of carbonyl (C=O) groups excluding carboxylic acids is 1. The molecule has 1 heterocycles. The van der Waals surface area contributed by atoms with Crippen molar-refractivity contribution in [1.29, 1.82) is 0 Å². The van der Waals surface area contributed by atoms with E-state index in [-0.39, 0.29) is 17.9 Å². The van der Waals surface area contributed by atoms with Crippen molar-refractivity contribution in [2.75, 3.05) is 32.8 Å². The number of rotatable bonds is 5. The SMILES string of the molecule is O=C(NC[C@H](c1ccccc1Cl)N1CCOCC1)C1CCCC1. The molecule has 1 aromatic carbocycles. The summed E-state index contributed by atoms with van der Waals surface area (Å²) in [6.07, 6.45) is 4.41. The number of nitrogens with zero attached hydrogens (tertiary/aromatic N) is 1. The first-order valence-corrected chi connectivity index (χ1v) is 8.97. The van der Waals surface area contributed by atoms with Gasteiger partial charge in [-0.05, 0) is 24.5 Å². The van der Waals surface area contributed by atoms with Crippen LogP contribution < -0.4 is 5.32 Å². The van der Waals surface area contributed by atoms with Crippen molar-refractivity contribution in [2.24, 2.45) is 5.92 Å². The second-order valence-electron chi connectivity index (χ2n) is 6.41. The Kier molecular flexibility index (Phi) is 5.92. The van der Waals surface area contributed by atoms with Crippen molar-refractivity contribution >= 4 is 17.5 Å². The number of morpholine rings is 1. The van der Waals surface area contributed by atoms with Gasteiger partial charge >= 0.3 is 0 Å². The zero-order chi connectivity index (χ0) is 16.1. The molecule has 0 spiro atoms. The van der Waals surface area contributed by atoms with Crippen molar-refractivity contribution in [3.05, 3.63) is 34.9 Å². The lowest BCUT2D eigenvalue weighted by atomic mass is 10.0. The molecule has 1 N–H and O–H groups in total. The van der Waals surface area contributed by atoms with Gasteiger partial charge in [0.25, 0.3) is 0 Å². The maximum Gasteiger partial charge on any atom is 0.223 e. The van der Waals surface area contributed by atoms with Gasteiger partial charge in [0.2, 0.25) is 5.91 Å². The van der Waals surface area contributed by atoms with Gasteiger partial charge in [-0.15, -0.1) is 0 Å². The van der Waals surface area contributed by atoms with Crippen LogP contribution in [0.5, 0.6) is 0 Å². The Balaban J connectivity index is 1.69. The number of benzene rings is 1. The van der Waals surface area contributed by atoms with E-state index in [2.05, 4.69) is 16.3 Å².